The van der Waals surface area contributed by atoms with Gasteiger partial charge in [0.1, 0.15) is 17.1 Å². The van der Waals surface area contributed by atoms with E-state index < -0.39 is 35.7 Å². The SMILES string of the molecule is CCOC(=O)Nc1cc(CC2(C)NC(=O)N(c3ccc(OC(F)(F)F)cc3)C2=O)ccn1. The molecule has 0 saturated carbocycles. The van der Waals surface area contributed by atoms with E-state index in [-0.39, 0.29) is 24.5 Å². The number of carbonyl (C=O) groups is 3. The average Bonchev–Trinajstić information content (AvgIpc) is 2.90. The summed E-state index contributed by atoms with van der Waals surface area (Å²) in [5.41, 5.74) is -0.648. The van der Waals surface area contributed by atoms with Gasteiger partial charge >= 0.3 is 18.5 Å². The maximum atomic E-state index is 13.0. The van der Waals surface area contributed by atoms with Crippen molar-refractivity contribution in [3.8, 4) is 5.75 Å². The fraction of sp³-hybridized carbons (Fsp3) is 0.300. The zero-order valence-corrected chi connectivity index (χ0v) is 17.0. The summed E-state index contributed by atoms with van der Waals surface area (Å²) in [7, 11) is 0. The molecule has 4 amide bonds. The molecule has 0 aliphatic carbocycles. The average molecular weight is 452 g/mol. The van der Waals surface area contributed by atoms with Gasteiger partial charge in [0.05, 0.1) is 12.3 Å². The number of aromatic nitrogens is 1. The molecule has 2 aromatic rings. The highest BCUT2D eigenvalue weighted by Gasteiger charge is 2.48. The van der Waals surface area contributed by atoms with Gasteiger partial charge in [0.25, 0.3) is 5.91 Å². The molecule has 9 nitrogen and oxygen atoms in total. The second kappa shape index (κ2) is 8.73. The summed E-state index contributed by atoms with van der Waals surface area (Å²) in [5.74, 6) is -0.864. The Hall–Kier alpha value is -3.83. The second-order valence-electron chi connectivity index (χ2n) is 7.02. The molecule has 0 radical (unpaired) electrons. The highest BCUT2D eigenvalue weighted by molar-refractivity contribution is 6.23. The normalized spacial score (nSPS) is 18.3. The van der Waals surface area contributed by atoms with Crippen molar-refractivity contribution in [3.05, 3.63) is 48.2 Å². The maximum absolute atomic E-state index is 13.0. The molecule has 1 aliphatic heterocycles. The smallest absolute Gasteiger partial charge is 0.450 e. The van der Waals surface area contributed by atoms with Gasteiger partial charge in [-0.2, -0.15) is 0 Å². The first-order valence-electron chi connectivity index (χ1n) is 9.42. The lowest BCUT2D eigenvalue weighted by Gasteiger charge is -2.22. The summed E-state index contributed by atoms with van der Waals surface area (Å²) in [6, 6.07) is 6.81. The summed E-state index contributed by atoms with van der Waals surface area (Å²) in [6.45, 7) is 3.36. The van der Waals surface area contributed by atoms with Gasteiger partial charge in [-0.3, -0.25) is 10.1 Å². The van der Waals surface area contributed by atoms with E-state index in [9.17, 15) is 27.6 Å². The monoisotopic (exact) mass is 452 g/mol. The molecular weight excluding hydrogens is 433 g/mol. The number of urea groups is 1. The Labute approximate surface area is 180 Å². The molecule has 0 bridgehead atoms. The third-order valence-electron chi connectivity index (χ3n) is 4.48. The van der Waals surface area contributed by atoms with Crippen molar-refractivity contribution in [2.24, 2.45) is 0 Å². The predicted molar refractivity (Wildman–Crippen MR) is 106 cm³/mol. The minimum atomic E-state index is -4.85. The minimum Gasteiger partial charge on any atom is -0.450 e. The lowest BCUT2D eigenvalue weighted by Crippen LogP contribution is -2.46. The number of nitrogens with zero attached hydrogens (tertiary/aromatic N) is 2. The number of benzene rings is 1. The van der Waals surface area contributed by atoms with Crippen molar-refractivity contribution in [3.63, 3.8) is 0 Å². The summed E-state index contributed by atoms with van der Waals surface area (Å²) in [4.78, 5) is 41.9. The van der Waals surface area contributed by atoms with Crippen molar-refractivity contribution >= 4 is 29.5 Å². The quantitative estimate of drug-likeness (QED) is 0.648. The number of hydrogen-bond donors (Lipinski definition) is 2. The van der Waals surface area contributed by atoms with Crippen LogP contribution < -0.4 is 20.3 Å². The predicted octanol–water partition coefficient (Wildman–Crippen LogP) is 3.61. The van der Waals surface area contributed by atoms with E-state index in [0.29, 0.717) is 5.56 Å². The van der Waals surface area contributed by atoms with Crippen LogP contribution in [0.5, 0.6) is 5.75 Å². The van der Waals surface area contributed by atoms with E-state index in [0.717, 1.165) is 17.0 Å². The lowest BCUT2D eigenvalue weighted by molar-refractivity contribution is -0.274. The van der Waals surface area contributed by atoms with Gasteiger partial charge in [0.2, 0.25) is 0 Å². The number of pyridine rings is 1. The molecular formula is C20H19F3N4O5. The molecule has 1 aromatic heterocycles. The van der Waals surface area contributed by atoms with Crippen LogP contribution in [0.1, 0.15) is 19.4 Å². The molecule has 1 saturated heterocycles. The maximum Gasteiger partial charge on any atom is 0.573 e. The fourth-order valence-electron chi connectivity index (χ4n) is 3.17. The number of alkyl halides is 3. The van der Waals surface area contributed by atoms with Gasteiger partial charge < -0.3 is 14.8 Å². The zero-order valence-electron chi connectivity index (χ0n) is 17.0. The molecule has 2 N–H and O–H groups in total. The van der Waals surface area contributed by atoms with E-state index in [4.69, 9.17) is 4.74 Å². The topological polar surface area (TPSA) is 110 Å². The molecule has 0 spiro atoms. The number of amides is 4. The molecule has 1 atom stereocenters. The highest BCUT2D eigenvalue weighted by Crippen LogP contribution is 2.30. The number of ether oxygens (including phenoxy) is 2. The largest absolute Gasteiger partial charge is 0.573 e. The number of rotatable bonds is 6. The molecule has 32 heavy (non-hydrogen) atoms. The van der Waals surface area contributed by atoms with Gasteiger partial charge in [-0.1, -0.05) is 0 Å². The summed E-state index contributed by atoms with van der Waals surface area (Å²) in [6.07, 6.45) is -4.04. The van der Waals surface area contributed by atoms with Crippen LogP contribution in [0.15, 0.2) is 42.6 Å². The minimum absolute atomic E-state index is 0.0728. The first kappa shape index (κ1) is 22.8. The molecule has 3 rings (SSSR count). The van der Waals surface area contributed by atoms with Crippen LogP contribution in [0, 0.1) is 0 Å². The molecule has 1 unspecified atom stereocenters. The third-order valence-corrected chi connectivity index (χ3v) is 4.48. The van der Waals surface area contributed by atoms with E-state index in [1.807, 2.05) is 0 Å². The summed E-state index contributed by atoms with van der Waals surface area (Å²) in [5, 5.41) is 5.05. The first-order chi connectivity index (χ1) is 15.0. The van der Waals surface area contributed by atoms with E-state index in [1.54, 1.807) is 13.0 Å². The Balaban J connectivity index is 1.75. The van der Waals surface area contributed by atoms with Crippen molar-refractivity contribution in [1.82, 2.24) is 10.3 Å². The van der Waals surface area contributed by atoms with Gasteiger partial charge in [-0.15, -0.1) is 13.2 Å². The fourth-order valence-corrected chi connectivity index (χ4v) is 3.17. The molecule has 170 valence electrons. The zero-order chi connectivity index (χ0) is 23.5. The Morgan fingerprint density at radius 3 is 2.53 bits per heavy atom. The van der Waals surface area contributed by atoms with E-state index >= 15 is 0 Å². The van der Waals surface area contributed by atoms with Crippen molar-refractivity contribution in [2.75, 3.05) is 16.8 Å². The Morgan fingerprint density at radius 2 is 1.91 bits per heavy atom. The number of imide groups is 1. The van der Waals surface area contributed by atoms with Crippen molar-refractivity contribution < 1.29 is 37.0 Å². The molecule has 1 fully saturated rings. The van der Waals surface area contributed by atoms with Crippen LogP contribution in [0.25, 0.3) is 0 Å². The van der Waals surface area contributed by atoms with Gasteiger partial charge in [0.15, 0.2) is 0 Å². The van der Waals surface area contributed by atoms with Gasteiger partial charge in [0, 0.05) is 12.6 Å². The second-order valence-corrected chi connectivity index (χ2v) is 7.02. The molecule has 1 aliphatic rings. The van der Waals surface area contributed by atoms with Crippen LogP contribution in [0.3, 0.4) is 0 Å². The lowest BCUT2D eigenvalue weighted by atomic mass is 9.93. The Kier molecular flexibility index (Phi) is 6.23. The number of nitrogens with one attached hydrogen (secondary N) is 2. The van der Waals surface area contributed by atoms with Gasteiger partial charge in [-0.05, 0) is 55.8 Å². The van der Waals surface area contributed by atoms with Crippen molar-refractivity contribution in [2.45, 2.75) is 32.2 Å². The number of anilines is 2. The summed E-state index contributed by atoms with van der Waals surface area (Å²) >= 11 is 0. The third kappa shape index (κ3) is 5.25. The first-order valence-corrected chi connectivity index (χ1v) is 9.42. The standard InChI is InChI=1S/C20H19F3N4O5/c1-3-31-18(30)25-15-10-12(8-9-24-15)11-19(2)16(28)27(17(29)26-19)13-4-6-14(7-5-13)32-20(21,22)23/h4-10H,3,11H2,1-2H3,(H,26,29)(H,24,25,30). The highest BCUT2D eigenvalue weighted by atomic mass is 19.4. The van der Waals surface area contributed by atoms with Gasteiger partial charge in [-0.25, -0.2) is 19.5 Å². The molecule has 2 heterocycles. The van der Waals surface area contributed by atoms with Crippen molar-refractivity contribution in [1.29, 1.82) is 0 Å². The Bertz CT molecular complexity index is 1030. The number of hydrogen-bond acceptors (Lipinski definition) is 6. The van der Waals surface area contributed by atoms with Crippen LogP contribution in [-0.2, 0) is 16.0 Å². The van der Waals surface area contributed by atoms with Crippen LogP contribution in [0.2, 0.25) is 0 Å². The van der Waals surface area contributed by atoms with Crippen LogP contribution in [-0.4, -0.2) is 41.5 Å². The number of halogens is 3. The Morgan fingerprint density at radius 1 is 1.22 bits per heavy atom. The molecule has 12 heteroatoms. The number of carbonyl (C=O) groups excluding carboxylic acids is 3. The van der Waals surface area contributed by atoms with E-state index in [1.165, 1.54) is 31.3 Å². The van der Waals surface area contributed by atoms with Crippen LogP contribution in [0.4, 0.5) is 34.3 Å². The molecule has 1 aromatic carbocycles. The summed E-state index contributed by atoms with van der Waals surface area (Å²) < 4.78 is 45.6. The van der Waals surface area contributed by atoms with E-state index in [2.05, 4.69) is 20.4 Å². The van der Waals surface area contributed by atoms with Crippen LogP contribution >= 0.6 is 0 Å².